The Morgan fingerprint density at radius 1 is 1.19 bits per heavy atom. The van der Waals surface area contributed by atoms with Gasteiger partial charge in [-0.2, -0.15) is 0 Å². The molecule has 3 aromatic rings. The molecule has 1 fully saturated rings. The van der Waals surface area contributed by atoms with Gasteiger partial charge in [-0.3, -0.25) is 9.52 Å². The molecule has 5 rings (SSSR count). The van der Waals surface area contributed by atoms with Gasteiger partial charge in [-0.25, -0.2) is 17.8 Å². The number of benzene rings is 2. The van der Waals surface area contributed by atoms with E-state index < -0.39 is 10.0 Å². The smallest absolute Gasteiger partial charge is 0.263 e. The first-order valence-corrected chi connectivity index (χ1v) is 14.2. The molecule has 1 aliphatic heterocycles. The van der Waals surface area contributed by atoms with Crippen LogP contribution in [0.4, 0.5) is 15.2 Å². The van der Waals surface area contributed by atoms with Gasteiger partial charge < -0.3 is 10.2 Å². The Bertz CT molecular complexity index is 1380. The van der Waals surface area contributed by atoms with Crippen LogP contribution in [-0.2, 0) is 14.8 Å². The summed E-state index contributed by atoms with van der Waals surface area (Å²) in [6.45, 7) is 3.39. The first-order chi connectivity index (χ1) is 17.3. The quantitative estimate of drug-likeness (QED) is 0.443. The average molecular weight is 531 g/mol. The summed E-state index contributed by atoms with van der Waals surface area (Å²) < 4.78 is 41.6. The molecule has 2 aliphatic rings. The van der Waals surface area contributed by atoms with Crippen molar-refractivity contribution >= 4 is 44.2 Å². The van der Waals surface area contributed by atoms with Crippen molar-refractivity contribution in [3.63, 3.8) is 0 Å². The number of amides is 1. The maximum absolute atomic E-state index is 14.0. The molecule has 10 heteroatoms. The number of piperidine rings is 1. The number of carbonyl (C=O) groups excluding carboxylic acids is 1. The zero-order valence-electron chi connectivity index (χ0n) is 19.7. The second-order valence-electron chi connectivity index (χ2n) is 9.12. The molecule has 0 spiro atoms. The molecule has 1 aliphatic carbocycles. The number of hydrogen-bond acceptors (Lipinski definition) is 6. The molecule has 1 aromatic heterocycles. The van der Waals surface area contributed by atoms with Gasteiger partial charge in [0.25, 0.3) is 10.0 Å². The first-order valence-electron chi connectivity index (χ1n) is 11.9. The molecule has 1 amide bonds. The molecule has 2 atom stereocenters. The Balaban J connectivity index is 0.00000200. The van der Waals surface area contributed by atoms with E-state index in [1.165, 1.54) is 17.4 Å². The minimum absolute atomic E-state index is 0. The Hall–Kier alpha value is -3.24. The molecule has 0 saturated carbocycles. The summed E-state index contributed by atoms with van der Waals surface area (Å²) in [6, 6.07) is 11.9. The molecular weight excluding hydrogens is 499 g/mol. The number of aromatic nitrogens is 1. The summed E-state index contributed by atoms with van der Waals surface area (Å²) in [5.74, 6) is -0.708. The zero-order valence-corrected chi connectivity index (χ0v) is 21.4. The Morgan fingerprint density at radius 2 is 1.94 bits per heavy atom. The number of anilines is 2. The lowest BCUT2D eigenvalue weighted by Crippen LogP contribution is -2.46. The molecule has 2 heterocycles. The predicted molar refractivity (Wildman–Crippen MR) is 144 cm³/mol. The third-order valence-corrected chi connectivity index (χ3v) is 9.05. The van der Waals surface area contributed by atoms with E-state index in [0.717, 1.165) is 37.2 Å². The Morgan fingerprint density at radius 3 is 2.64 bits per heavy atom. The van der Waals surface area contributed by atoms with E-state index in [4.69, 9.17) is 0 Å². The van der Waals surface area contributed by atoms with Crippen molar-refractivity contribution in [2.45, 2.75) is 36.6 Å². The van der Waals surface area contributed by atoms with E-state index in [-0.39, 0.29) is 37.4 Å². The molecule has 0 radical (unpaired) electrons. The van der Waals surface area contributed by atoms with E-state index in [2.05, 4.69) is 19.9 Å². The molecule has 1 unspecified atom stereocenters. The van der Waals surface area contributed by atoms with Crippen molar-refractivity contribution in [3.05, 3.63) is 77.1 Å². The third kappa shape index (κ3) is 5.01. The van der Waals surface area contributed by atoms with Crippen molar-refractivity contribution in [2.24, 2.45) is 5.92 Å². The van der Waals surface area contributed by atoms with Crippen molar-refractivity contribution < 1.29 is 20.5 Å². The highest BCUT2D eigenvalue weighted by molar-refractivity contribution is 7.93. The predicted octanol–water partition coefficient (Wildman–Crippen LogP) is 5.11. The highest BCUT2D eigenvalue weighted by atomic mass is 32.2. The third-order valence-electron chi connectivity index (χ3n) is 6.88. The fraction of sp³-hybridized carbons (Fsp3) is 0.308. The molecule has 7 nitrogen and oxygen atoms in total. The van der Waals surface area contributed by atoms with Crippen LogP contribution < -0.4 is 14.9 Å². The number of fused-ring (bicyclic) bond motifs is 1. The van der Waals surface area contributed by atoms with Crippen LogP contribution in [0.2, 0.25) is 0 Å². The van der Waals surface area contributed by atoms with Crippen LogP contribution in [0.3, 0.4) is 0 Å². The standard InChI is InChI=1S/C26H27FN4O3S2.2H2/c1-17(21-9-10-23-22(21)3-2-4-24(23)27)25(32)29-18-11-14-31(15-12-18)19-5-7-20(8-6-19)36(33,34)30-26-28-13-16-35-26;;/h2-10,13,16-18,21H,11-12,14-15H2,1H3,(H,28,30)(H,29,32);2*1H/t17-,21?;;/m0../s1. The van der Waals surface area contributed by atoms with E-state index >= 15 is 0 Å². The van der Waals surface area contributed by atoms with Gasteiger partial charge in [-0.15, -0.1) is 11.3 Å². The van der Waals surface area contributed by atoms with Crippen molar-refractivity contribution in [1.82, 2.24) is 10.3 Å². The summed E-state index contributed by atoms with van der Waals surface area (Å²) in [4.78, 5) is 19.3. The van der Waals surface area contributed by atoms with E-state index in [9.17, 15) is 17.6 Å². The molecular formula is C26H31FN4O3S2. The van der Waals surface area contributed by atoms with Gasteiger partial charge in [0.15, 0.2) is 5.13 Å². The Labute approximate surface area is 217 Å². The largest absolute Gasteiger partial charge is 0.371 e. The number of nitrogens with zero attached hydrogens (tertiary/aromatic N) is 2. The van der Waals surface area contributed by atoms with Crippen molar-refractivity contribution in [3.8, 4) is 0 Å². The van der Waals surface area contributed by atoms with Gasteiger partial charge in [-0.1, -0.05) is 31.2 Å². The number of allylic oxidation sites excluding steroid dienone is 1. The second kappa shape index (κ2) is 10.0. The van der Waals surface area contributed by atoms with E-state index in [1.54, 1.807) is 48.0 Å². The fourth-order valence-corrected chi connectivity index (χ4v) is 6.61. The van der Waals surface area contributed by atoms with Crippen LogP contribution in [0.25, 0.3) is 6.08 Å². The van der Waals surface area contributed by atoms with Crippen LogP contribution in [-0.4, -0.2) is 38.4 Å². The average Bonchev–Trinajstić information content (AvgIpc) is 3.54. The molecule has 2 aromatic carbocycles. The van der Waals surface area contributed by atoms with E-state index in [0.29, 0.717) is 10.7 Å². The lowest BCUT2D eigenvalue weighted by molar-refractivity contribution is -0.125. The summed E-state index contributed by atoms with van der Waals surface area (Å²) in [5.41, 5.74) is 2.38. The minimum atomic E-state index is -3.68. The van der Waals surface area contributed by atoms with Crippen molar-refractivity contribution in [1.29, 1.82) is 0 Å². The molecule has 192 valence electrons. The highest BCUT2D eigenvalue weighted by Gasteiger charge is 2.31. The zero-order chi connectivity index (χ0) is 25.3. The van der Waals surface area contributed by atoms with Crippen LogP contribution in [0.15, 0.2) is 65.0 Å². The number of thiazole rings is 1. The molecule has 36 heavy (non-hydrogen) atoms. The normalized spacial score (nSPS) is 18.6. The fourth-order valence-electron chi connectivity index (χ4n) is 4.82. The number of sulfonamides is 1. The lowest BCUT2D eigenvalue weighted by atomic mass is 9.88. The number of hydrogen-bond donors (Lipinski definition) is 2. The molecule has 2 N–H and O–H groups in total. The van der Waals surface area contributed by atoms with Gasteiger partial charge in [-0.05, 0) is 48.7 Å². The number of carbonyl (C=O) groups is 1. The van der Waals surface area contributed by atoms with Gasteiger partial charge in [0.1, 0.15) is 5.82 Å². The van der Waals surface area contributed by atoms with Gasteiger partial charge in [0, 0.05) is 56.6 Å². The van der Waals surface area contributed by atoms with Crippen LogP contribution in [0, 0.1) is 11.7 Å². The van der Waals surface area contributed by atoms with Gasteiger partial charge in [0.05, 0.1) is 4.90 Å². The lowest BCUT2D eigenvalue weighted by Gasteiger charge is -2.34. The van der Waals surface area contributed by atoms with Gasteiger partial charge in [0.2, 0.25) is 5.91 Å². The topological polar surface area (TPSA) is 91.4 Å². The summed E-state index contributed by atoms with van der Waals surface area (Å²) in [5, 5.41) is 5.22. The summed E-state index contributed by atoms with van der Waals surface area (Å²) in [6.07, 6.45) is 6.80. The van der Waals surface area contributed by atoms with E-state index in [1.807, 2.05) is 19.1 Å². The second-order valence-corrected chi connectivity index (χ2v) is 11.7. The van der Waals surface area contributed by atoms with Crippen LogP contribution in [0.5, 0.6) is 0 Å². The number of halogens is 1. The monoisotopic (exact) mass is 530 g/mol. The minimum Gasteiger partial charge on any atom is -0.371 e. The summed E-state index contributed by atoms with van der Waals surface area (Å²) in [7, 11) is -3.68. The summed E-state index contributed by atoms with van der Waals surface area (Å²) >= 11 is 1.22. The first kappa shape index (κ1) is 24.5. The number of rotatable bonds is 7. The van der Waals surface area contributed by atoms with Crippen LogP contribution in [0.1, 0.15) is 39.7 Å². The molecule has 1 saturated heterocycles. The number of nitrogens with one attached hydrogen (secondary N) is 2. The maximum atomic E-state index is 14.0. The maximum Gasteiger partial charge on any atom is 0.263 e. The van der Waals surface area contributed by atoms with Gasteiger partial charge >= 0.3 is 0 Å². The molecule has 0 bridgehead atoms. The van der Waals surface area contributed by atoms with Crippen molar-refractivity contribution in [2.75, 3.05) is 22.7 Å². The Kier molecular flexibility index (Phi) is 6.81. The SMILES string of the molecule is C[C@H](C(=O)NC1CCN(c2ccc(S(=O)(=O)Nc3nccs3)cc2)CC1)C1C=Cc2c(F)cccc21.[HH].[HH]. The van der Waals surface area contributed by atoms with Crippen LogP contribution >= 0.6 is 11.3 Å². The highest BCUT2D eigenvalue weighted by Crippen LogP contribution is 2.37.